The lowest BCUT2D eigenvalue weighted by atomic mass is 9.87. The smallest absolute Gasteiger partial charge is 0.220 e. The molecule has 0 aromatic carbocycles. The Morgan fingerprint density at radius 3 is 2.23 bits per heavy atom. The molecule has 0 aliphatic carbocycles. The predicted octanol–water partition coefficient (Wildman–Crippen LogP) is -0.461. The second-order valence-corrected chi connectivity index (χ2v) is 9.26. The third-order valence-corrected chi connectivity index (χ3v) is 7.39. The first-order valence-electron chi connectivity index (χ1n) is 11.4. The van der Waals surface area contributed by atoms with Gasteiger partial charge in [0.05, 0.1) is 12.6 Å². The molecule has 0 radical (unpaired) electrons. The molecule has 0 spiro atoms. The molecule has 4 rings (SSSR count). The molecule has 0 aromatic heterocycles. The Morgan fingerprint density at radius 2 is 1.60 bits per heavy atom. The van der Waals surface area contributed by atoms with Crippen LogP contribution in [0.3, 0.4) is 0 Å². The Bertz CT molecular complexity index is 668. The maximum atomic E-state index is 12.5. The fraction of sp³-hybridized carbons (Fsp3) is 0.857. The van der Waals surface area contributed by atoms with Gasteiger partial charge in [-0.15, -0.1) is 0 Å². The number of carbonyl (C=O) groups excluding carboxylic acids is 3. The topological polar surface area (TPSA) is 110 Å². The molecule has 4 saturated heterocycles. The summed E-state index contributed by atoms with van der Waals surface area (Å²) in [6.07, 6.45) is 4.78. The molecular weight excluding hydrogens is 386 g/mol. The van der Waals surface area contributed by atoms with Crippen LogP contribution < -0.4 is 5.73 Å². The van der Waals surface area contributed by atoms with Crippen molar-refractivity contribution >= 4 is 17.5 Å². The fourth-order valence-electron chi connectivity index (χ4n) is 5.74. The second-order valence-electron chi connectivity index (χ2n) is 9.26. The Balaban J connectivity index is 1.72. The monoisotopic (exact) mass is 421 g/mol. The van der Waals surface area contributed by atoms with Crippen LogP contribution in [0.2, 0.25) is 0 Å². The third-order valence-electron chi connectivity index (χ3n) is 7.39. The number of amides is 1. The minimum absolute atomic E-state index is 0.226. The average molecular weight is 422 g/mol. The van der Waals surface area contributed by atoms with Crippen LogP contribution in [0.5, 0.6) is 0 Å². The van der Waals surface area contributed by atoms with Crippen molar-refractivity contribution in [3.05, 3.63) is 0 Å². The molecule has 4 aliphatic rings. The van der Waals surface area contributed by atoms with E-state index in [1.807, 2.05) is 0 Å². The number of aliphatic hydroxyl groups excluding tert-OH is 1. The third kappa shape index (κ3) is 4.18. The molecule has 3 N–H and O–H groups in total. The number of hydrogen-bond acceptors (Lipinski definition) is 8. The molecular formula is C21H35N5O4. The molecule has 30 heavy (non-hydrogen) atoms. The highest BCUT2D eigenvalue weighted by atomic mass is 16.3. The lowest BCUT2D eigenvalue weighted by Gasteiger charge is -2.63. The van der Waals surface area contributed by atoms with E-state index in [-0.39, 0.29) is 29.5 Å². The fourth-order valence-corrected chi connectivity index (χ4v) is 5.74. The van der Waals surface area contributed by atoms with Gasteiger partial charge in [0.1, 0.15) is 17.4 Å². The number of ketones is 2. The number of carbonyl (C=O) groups is 3. The summed E-state index contributed by atoms with van der Waals surface area (Å²) in [7, 11) is 0. The molecule has 2 unspecified atom stereocenters. The Labute approximate surface area is 178 Å². The highest BCUT2D eigenvalue weighted by molar-refractivity contribution is 5.81. The summed E-state index contributed by atoms with van der Waals surface area (Å²) in [5.41, 5.74) is 5.78. The van der Waals surface area contributed by atoms with Crippen LogP contribution in [0, 0.1) is 5.92 Å². The molecule has 0 aromatic rings. The van der Waals surface area contributed by atoms with Crippen LogP contribution in [0.25, 0.3) is 0 Å². The molecule has 4 aliphatic heterocycles. The number of rotatable bonds is 4. The lowest BCUT2D eigenvalue weighted by molar-refractivity contribution is -0.279. The van der Waals surface area contributed by atoms with E-state index in [0.29, 0.717) is 71.1 Å². The number of Topliss-reactive ketones (excluding diaryl/α,β-unsaturated/α-hetero) is 2. The number of likely N-dealkylation sites (tertiary alicyclic amines) is 2. The van der Waals surface area contributed by atoms with Crippen molar-refractivity contribution in [1.29, 1.82) is 0 Å². The van der Waals surface area contributed by atoms with Gasteiger partial charge in [0, 0.05) is 70.9 Å². The summed E-state index contributed by atoms with van der Waals surface area (Å²) in [5, 5.41) is 14.7. The van der Waals surface area contributed by atoms with Crippen LogP contribution in [0.1, 0.15) is 51.4 Å². The van der Waals surface area contributed by atoms with E-state index >= 15 is 0 Å². The molecule has 0 bridgehead atoms. The number of nitrogens with zero attached hydrogens (tertiary/aromatic N) is 4. The second kappa shape index (κ2) is 9.00. The van der Waals surface area contributed by atoms with Gasteiger partial charge in [0.25, 0.3) is 0 Å². The number of hydrogen-bond donors (Lipinski definition) is 2. The van der Waals surface area contributed by atoms with Gasteiger partial charge < -0.3 is 10.8 Å². The van der Waals surface area contributed by atoms with Gasteiger partial charge >= 0.3 is 0 Å². The van der Waals surface area contributed by atoms with Crippen molar-refractivity contribution in [3.63, 3.8) is 0 Å². The van der Waals surface area contributed by atoms with Gasteiger partial charge in [0.2, 0.25) is 5.91 Å². The number of piperidine rings is 4. The van der Waals surface area contributed by atoms with Gasteiger partial charge in [-0.3, -0.25) is 24.2 Å². The molecule has 4 fully saturated rings. The summed E-state index contributed by atoms with van der Waals surface area (Å²) in [5.74, 6) is -0.678. The van der Waals surface area contributed by atoms with Crippen molar-refractivity contribution in [3.8, 4) is 0 Å². The van der Waals surface area contributed by atoms with Crippen molar-refractivity contribution in [2.45, 2.75) is 63.3 Å². The number of aliphatic hydroxyl groups is 1. The first-order valence-corrected chi connectivity index (χ1v) is 11.4. The summed E-state index contributed by atoms with van der Waals surface area (Å²) in [6.45, 7) is 4.58. The lowest BCUT2D eigenvalue weighted by Crippen LogP contribution is -2.78. The number of primary amides is 1. The molecule has 2 atom stereocenters. The quantitative estimate of drug-likeness (QED) is 0.627. The first kappa shape index (κ1) is 21.8. The van der Waals surface area contributed by atoms with E-state index in [9.17, 15) is 19.5 Å². The van der Waals surface area contributed by atoms with Gasteiger partial charge in [0.15, 0.2) is 0 Å². The van der Waals surface area contributed by atoms with E-state index in [1.54, 1.807) is 0 Å². The summed E-state index contributed by atoms with van der Waals surface area (Å²) in [4.78, 5) is 41.3. The van der Waals surface area contributed by atoms with E-state index in [2.05, 4.69) is 19.8 Å². The van der Waals surface area contributed by atoms with Crippen LogP contribution in [0.15, 0.2) is 0 Å². The average Bonchev–Trinajstić information content (AvgIpc) is 2.74. The zero-order valence-electron chi connectivity index (χ0n) is 17.8. The Morgan fingerprint density at radius 1 is 0.900 bits per heavy atom. The van der Waals surface area contributed by atoms with Crippen molar-refractivity contribution < 1.29 is 19.5 Å². The van der Waals surface area contributed by atoms with Gasteiger partial charge in [-0.25, -0.2) is 10.0 Å². The Kier molecular flexibility index (Phi) is 6.55. The largest absolute Gasteiger partial charge is 0.393 e. The highest BCUT2D eigenvalue weighted by Gasteiger charge is 2.55. The van der Waals surface area contributed by atoms with E-state index in [1.165, 1.54) is 0 Å². The molecule has 1 amide bonds. The van der Waals surface area contributed by atoms with E-state index < -0.39 is 5.79 Å². The van der Waals surface area contributed by atoms with E-state index in [4.69, 9.17) is 5.73 Å². The number of hydrazine groups is 1. The van der Waals surface area contributed by atoms with Crippen LogP contribution in [0.4, 0.5) is 0 Å². The summed E-state index contributed by atoms with van der Waals surface area (Å²) < 4.78 is 0. The maximum absolute atomic E-state index is 12.5. The standard InChI is InChI=1S/C21H35N5O4/c22-20(30)16-3-13-26(25-11-6-18(28)7-12-25)21(14-16,23-9-4-17(27)5-10-23)24-8-1-2-19(29)15-24/h16,18,28H,1-15H2,(H2,22,30). The normalized spacial score (nSPS) is 34.4. The van der Waals surface area contributed by atoms with Crippen LogP contribution >= 0.6 is 0 Å². The zero-order chi connectivity index (χ0) is 21.3. The van der Waals surface area contributed by atoms with Crippen molar-refractivity contribution in [2.24, 2.45) is 11.7 Å². The molecule has 9 nitrogen and oxygen atoms in total. The summed E-state index contributed by atoms with van der Waals surface area (Å²) >= 11 is 0. The van der Waals surface area contributed by atoms with Gasteiger partial charge in [-0.1, -0.05) is 0 Å². The van der Waals surface area contributed by atoms with E-state index in [0.717, 1.165) is 26.1 Å². The Hall–Kier alpha value is -1.39. The highest BCUT2D eigenvalue weighted by Crippen LogP contribution is 2.41. The van der Waals surface area contributed by atoms with Gasteiger partial charge in [-0.2, -0.15) is 0 Å². The summed E-state index contributed by atoms with van der Waals surface area (Å²) in [6, 6.07) is 0. The minimum atomic E-state index is -0.628. The van der Waals surface area contributed by atoms with Gasteiger partial charge in [-0.05, 0) is 25.7 Å². The molecule has 4 heterocycles. The zero-order valence-corrected chi connectivity index (χ0v) is 17.8. The van der Waals surface area contributed by atoms with Crippen LogP contribution in [-0.2, 0) is 14.4 Å². The maximum Gasteiger partial charge on any atom is 0.220 e. The van der Waals surface area contributed by atoms with Crippen LogP contribution in [-0.4, -0.2) is 100 Å². The predicted molar refractivity (Wildman–Crippen MR) is 110 cm³/mol. The molecule has 0 saturated carbocycles. The molecule has 9 heteroatoms. The minimum Gasteiger partial charge on any atom is -0.393 e. The first-order chi connectivity index (χ1) is 14.4. The SMILES string of the molecule is NC(=O)C1CCN(N2CCC(O)CC2)C(N2CCC(=O)CC2)(N2CCCC(=O)C2)C1. The number of nitrogens with two attached hydrogens (primary N) is 1. The van der Waals surface area contributed by atoms with Crippen molar-refractivity contribution in [2.75, 3.05) is 45.8 Å². The molecule has 168 valence electrons. The van der Waals surface area contributed by atoms with Crippen molar-refractivity contribution in [1.82, 2.24) is 19.8 Å².